The van der Waals surface area contributed by atoms with Crippen LogP contribution < -0.4 is 5.73 Å². The molecule has 0 rings (SSSR count). The van der Waals surface area contributed by atoms with Gasteiger partial charge in [-0.15, -0.1) is 0 Å². The fourth-order valence-electron chi connectivity index (χ4n) is 0.334. The van der Waals surface area contributed by atoms with E-state index >= 15 is 0 Å². The van der Waals surface area contributed by atoms with Gasteiger partial charge in [0.05, 0.1) is 0 Å². The number of hydrogen-bond acceptors (Lipinski definition) is 2. The summed E-state index contributed by atoms with van der Waals surface area (Å²) in [5.41, 5.74) is 2.78. The molecule has 0 unspecified atom stereocenters. The fraction of sp³-hybridized carbons (Fsp3) is 0.400. The monoisotopic (exact) mass is 204 g/mol. The van der Waals surface area contributed by atoms with E-state index in [1.165, 1.54) is 0 Å². The molecular formula is C5H5ClF4N2. The van der Waals surface area contributed by atoms with Crippen LogP contribution in [-0.4, -0.2) is 19.2 Å². The molecular weight excluding hydrogens is 200 g/mol. The summed E-state index contributed by atoms with van der Waals surface area (Å²) in [5, 5.41) is -1.22. The molecule has 0 saturated heterocycles. The van der Waals surface area contributed by atoms with E-state index in [4.69, 9.17) is 11.6 Å². The van der Waals surface area contributed by atoms with Crippen molar-refractivity contribution in [3.05, 3.63) is 10.7 Å². The van der Waals surface area contributed by atoms with Crippen molar-refractivity contribution >= 4 is 17.6 Å². The lowest BCUT2D eigenvalue weighted by Gasteiger charge is -2.06. The number of nitrogens with two attached hydrogens (primary N) is 1. The lowest BCUT2D eigenvalue weighted by molar-refractivity contribution is -0.0928. The first-order valence-corrected chi connectivity index (χ1v) is 3.03. The third-order valence-electron chi connectivity index (χ3n) is 0.919. The van der Waals surface area contributed by atoms with Crippen molar-refractivity contribution in [3.8, 4) is 0 Å². The lowest BCUT2D eigenvalue weighted by Crippen LogP contribution is -2.22. The van der Waals surface area contributed by atoms with Gasteiger partial charge in [0.1, 0.15) is 10.7 Å². The largest absolute Gasteiger partial charge is 0.432 e. The highest BCUT2D eigenvalue weighted by atomic mass is 35.5. The minimum atomic E-state index is -4.83. The first-order chi connectivity index (χ1) is 5.30. The Kier molecular flexibility index (Phi) is 3.51. The maximum atomic E-state index is 12.3. The second-order valence-corrected chi connectivity index (χ2v) is 2.12. The van der Waals surface area contributed by atoms with E-state index in [9.17, 15) is 17.6 Å². The fourth-order valence-corrected chi connectivity index (χ4v) is 0.525. The third-order valence-corrected chi connectivity index (χ3v) is 1.28. The Labute approximate surface area is 70.7 Å². The highest BCUT2D eigenvalue weighted by molar-refractivity contribution is 6.42. The van der Waals surface area contributed by atoms with Gasteiger partial charge in [-0.2, -0.15) is 17.6 Å². The van der Waals surface area contributed by atoms with Crippen LogP contribution in [0.3, 0.4) is 0 Å². The van der Waals surface area contributed by atoms with Gasteiger partial charge in [-0.25, -0.2) is 0 Å². The number of hydrogen-bond donors (Lipinski definition) is 1. The van der Waals surface area contributed by atoms with E-state index in [0.29, 0.717) is 0 Å². The molecule has 0 bridgehead atoms. The zero-order valence-corrected chi connectivity index (χ0v) is 6.67. The topological polar surface area (TPSA) is 38.4 Å². The SMILES string of the molecule is CN=C(F)C(Cl)=C(N)C(F)(F)F. The maximum Gasteiger partial charge on any atom is 0.432 e. The molecule has 0 heterocycles. The van der Waals surface area contributed by atoms with Crippen LogP contribution in [0.5, 0.6) is 0 Å². The molecule has 0 spiro atoms. The van der Waals surface area contributed by atoms with E-state index < -0.39 is 22.9 Å². The van der Waals surface area contributed by atoms with E-state index in [2.05, 4.69) is 10.7 Å². The van der Waals surface area contributed by atoms with Crippen LogP contribution >= 0.6 is 11.6 Å². The summed E-state index contributed by atoms with van der Waals surface area (Å²) < 4.78 is 47.4. The molecule has 0 aromatic carbocycles. The van der Waals surface area contributed by atoms with Crippen molar-refractivity contribution in [2.75, 3.05) is 7.05 Å². The van der Waals surface area contributed by atoms with E-state index in [-0.39, 0.29) is 0 Å². The van der Waals surface area contributed by atoms with Crippen LogP contribution in [0.1, 0.15) is 0 Å². The van der Waals surface area contributed by atoms with Crippen LogP contribution in [0.4, 0.5) is 17.6 Å². The quantitative estimate of drug-likeness (QED) is 0.515. The van der Waals surface area contributed by atoms with Crippen molar-refractivity contribution in [2.24, 2.45) is 10.7 Å². The summed E-state index contributed by atoms with van der Waals surface area (Å²) in [6.45, 7) is 0. The Hall–Kier alpha value is -0.780. The molecule has 7 heteroatoms. The van der Waals surface area contributed by atoms with Gasteiger partial charge in [-0.05, 0) is 0 Å². The molecule has 0 aliphatic carbocycles. The van der Waals surface area contributed by atoms with Gasteiger partial charge in [0.25, 0.3) is 0 Å². The van der Waals surface area contributed by atoms with Gasteiger partial charge in [-0.1, -0.05) is 11.6 Å². The molecule has 0 aliphatic heterocycles. The molecule has 0 aromatic rings. The summed E-state index contributed by atoms with van der Waals surface area (Å²) >= 11 is 4.90. The number of alkyl halides is 3. The molecule has 0 atom stereocenters. The number of allylic oxidation sites excluding steroid dienone is 2. The van der Waals surface area contributed by atoms with Crippen molar-refractivity contribution in [1.82, 2.24) is 0 Å². The summed E-state index contributed by atoms with van der Waals surface area (Å²) in [6.07, 6.45) is -4.83. The van der Waals surface area contributed by atoms with Gasteiger partial charge in [0.2, 0.25) is 5.97 Å². The van der Waals surface area contributed by atoms with E-state index in [0.717, 1.165) is 7.05 Å². The van der Waals surface area contributed by atoms with Gasteiger partial charge < -0.3 is 5.73 Å². The molecule has 0 saturated carbocycles. The number of rotatable bonds is 1. The Morgan fingerprint density at radius 3 is 2.08 bits per heavy atom. The Bertz CT molecular complexity index is 230. The minimum absolute atomic E-state index is 0.960. The average Bonchev–Trinajstić information content (AvgIpc) is 1.98. The number of aliphatic imine (C=N–C) groups is 1. The summed E-state index contributed by atoms with van der Waals surface area (Å²) in [7, 11) is 0.960. The second kappa shape index (κ2) is 3.75. The van der Waals surface area contributed by atoms with Gasteiger partial charge in [-0.3, -0.25) is 4.99 Å². The Balaban J connectivity index is 4.96. The molecule has 2 N–H and O–H groups in total. The highest BCUT2D eigenvalue weighted by Gasteiger charge is 2.35. The van der Waals surface area contributed by atoms with E-state index in [1.54, 1.807) is 0 Å². The Morgan fingerprint density at radius 2 is 1.83 bits per heavy atom. The molecule has 2 nitrogen and oxygen atoms in total. The molecule has 0 aromatic heterocycles. The lowest BCUT2D eigenvalue weighted by atomic mass is 10.4. The highest BCUT2D eigenvalue weighted by Crippen LogP contribution is 2.26. The predicted molar refractivity (Wildman–Crippen MR) is 37.6 cm³/mol. The van der Waals surface area contributed by atoms with E-state index in [1.807, 2.05) is 0 Å². The maximum absolute atomic E-state index is 12.3. The van der Waals surface area contributed by atoms with Crippen LogP contribution in [0.2, 0.25) is 0 Å². The van der Waals surface area contributed by atoms with Crippen molar-refractivity contribution in [3.63, 3.8) is 0 Å². The molecule has 0 fully saturated rings. The number of halogens is 5. The van der Waals surface area contributed by atoms with Crippen LogP contribution in [0, 0.1) is 0 Å². The predicted octanol–water partition coefficient (Wildman–Crippen LogP) is 1.96. The first-order valence-electron chi connectivity index (χ1n) is 2.65. The summed E-state index contributed by atoms with van der Waals surface area (Å²) in [5.74, 6) is -1.44. The normalized spacial score (nSPS) is 16.0. The van der Waals surface area contributed by atoms with Gasteiger partial charge >= 0.3 is 6.18 Å². The third kappa shape index (κ3) is 2.69. The summed E-state index contributed by atoms with van der Waals surface area (Å²) in [4.78, 5) is 2.80. The molecule has 0 radical (unpaired) electrons. The molecule has 12 heavy (non-hydrogen) atoms. The van der Waals surface area contributed by atoms with Gasteiger partial charge in [0.15, 0.2) is 0 Å². The molecule has 70 valence electrons. The summed E-state index contributed by atoms with van der Waals surface area (Å²) in [6, 6.07) is 0. The number of nitrogens with zero attached hydrogens (tertiary/aromatic N) is 1. The van der Waals surface area contributed by atoms with Crippen LogP contribution in [-0.2, 0) is 0 Å². The zero-order chi connectivity index (χ0) is 9.94. The Morgan fingerprint density at radius 1 is 1.42 bits per heavy atom. The molecule has 0 amide bonds. The minimum Gasteiger partial charge on any atom is -0.393 e. The standard InChI is InChI=1S/C5H5ClF4N2/c1-12-4(7)2(6)3(11)5(8,9)10/h11H2,1H3. The second-order valence-electron chi connectivity index (χ2n) is 1.74. The van der Waals surface area contributed by atoms with Crippen LogP contribution in [0.15, 0.2) is 15.7 Å². The van der Waals surface area contributed by atoms with Crippen molar-refractivity contribution in [2.45, 2.75) is 6.18 Å². The van der Waals surface area contributed by atoms with Crippen LogP contribution in [0.25, 0.3) is 0 Å². The zero-order valence-electron chi connectivity index (χ0n) is 5.91. The van der Waals surface area contributed by atoms with Crippen molar-refractivity contribution < 1.29 is 17.6 Å². The average molecular weight is 205 g/mol. The first kappa shape index (κ1) is 11.2. The van der Waals surface area contributed by atoms with Crippen molar-refractivity contribution in [1.29, 1.82) is 0 Å². The molecule has 0 aliphatic rings. The smallest absolute Gasteiger partial charge is 0.393 e. The van der Waals surface area contributed by atoms with Gasteiger partial charge in [0, 0.05) is 7.05 Å².